The molecule has 2 heteroatoms. The van der Waals surface area contributed by atoms with Gasteiger partial charge in [-0.25, -0.2) is 0 Å². The standard InChI is InChI=1S/C5H14BN/c1-5(2,3-6)4-7/h3-4,6-7H2,1-2H3. The molecule has 0 aromatic carbocycles. The summed E-state index contributed by atoms with van der Waals surface area (Å²) in [7, 11) is 2.16. The van der Waals surface area contributed by atoms with E-state index in [1.807, 2.05) is 0 Å². The fourth-order valence-electron chi connectivity index (χ4n) is 0.144. The zero-order valence-corrected chi connectivity index (χ0v) is 5.49. The molecule has 0 aromatic rings. The highest BCUT2D eigenvalue weighted by Crippen LogP contribution is 2.15. The predicted octanol–water partition coefficient (Wildman–Crippen LogP) is 0.0227. The van der Waals surface area contributed by atoms with Crippen molar-refractivity contribution in [2.45, 2.75) is 20.2 Å². The van der Waals surface area contributed by atoms with E-state index >= 15 is 0 Å². The minimum absolute atomic E-state index is 0.361. The van der Waals surface area contributed by atoms with E-state index in [1.165, 1.54) is 6.32 Å². The smallest absolute Gasteiger partial charge is 0.102 e. The number of nitrogens with two attached hydrogens (primary N) is 1. The SMILES string of the molecule is BCC(C)(C)CN. The Kier molecular flexibility index (Phi) is 2.37. The van der Waals surface area contributed by atoms with E-state index in [-0.39, 0.29) is 0 Å². The Bertz CT molecular complexity index is 46.0. The first-order chi connectivity index (χ1) is 3.12. The molecule has 2 N–H and O–H groups in total. The van der Waals surface area contributed by atoms with Crippen molar-refractivity contribution in [3.8, 4) is 0 Å². The number of hydrogen-bond donors (Lipinski definition) is 1. The van der Waals surface area contributed by atoms with Crippen molar-refractivity contribution in [1.82, 2.24) is 0 Å². The first-order valence-electron chi connectivity index (χ1n) is 2.82. The molecule has 0 atom stereocenters. The van der Waals surface area contributed by atoms with E-state index in [0.29, 0.717) is 5.41 Å². The lowest BCUT2D eigenvalue weighted by molar-refractivity contribution is 0.428. The van der Waals surface area contributed by atoms with Crippen LogP contribution >= 0.6 is 0 Å². The molecule has 0 spiro atoms. The molecule has 0 bridgehead atoms. The zero-order valence-electron chi connectivity index (χ0n) is 5.49. The quantitative estimate of drug-likeness (QED) is 0.485. The summed E-state index contributed by atoms with van der Waals surface area (Å²) in [4.78, 5) is 0. The normalized spacial score (nSPS) is 11.9. The summed E-state index contributed by atoms with van der Waals surface area (Å²) in [6.45, 7) is 5.14. The van der Waals surface area contributed by atoms with Gasteiger partial charge in [-0.15, -0.1) is 0 Å². The van der Waals surface area contributed by atoms with Crippen LogP contribution in [0.3, 0.4) is 0 Å². The maximum Gasteiger partial charge on any atom is 0.102 e. The van der Waals surface area contributed by atoms with Gasteiger partial charge in [0.15, 0.2) is 0 Å². The maximum atomic E-state index is 5.42. The van der Waals surface area contributed by atoms with Crippen LogP contribution in [0.15, 0.2) is 0 Å². The molecular weight excluding hydrogens is 84.9 g/mol. The Labute approximate surface area is 46.7 Å². The van der Waals surface area contributed by atoms with E-state index in [4.69, 9.17) is 5.73 Å². The highest BCUT2D eigenvalue weighted by Gasteiger charge is 2.10. The van der Waals surface area contributed by atoms with Crippen molar-refractivity contribution in [1.29, 1.82) is 0 Å². The average Bonchev–Trinajstić information content (AvgIpc) is 1.68. The van der Waals surface area contributed by atoms with Gasteiger partial charge in [0, 0.05) is 0 Å². The maximum absolute atomic E-state index is 5.42. The molecule has 0 saturated heterocycles. The lowest BCUT2D eigenvalue weighted by atomic mass is 9.79. The number of rotatable bonds is 2. The van der Waals surface area contributed by atoms with Gasteiger partial charge in [-0.2, -0.15) is 0 Å². The average molecular weight is 99.0 g/mol. The van der Waals surface area contributed by atoms with Crippen LogP contribution in [0.5, 0.6) is 0 Å². The van der Waals surface area contributed by atoms with Crippen molar-refractivity contribution < 1.29 is 0 Å². The second kappa shape index (κ2) is 2.36. The van der Waals surface area contributed by atoms with Crippen molar-refractivity contribution in [3.63, 3.8) is 0 Å². The second-order valence-corrected chi connectivity index (χ2v) is 2.72. The van der Waals surface area contributed by atoms with E-state index in [9.17, 15) is 0 Å². The third-order valence-corrected chi connectivity index (χ3v) is 1.51. The van der Waals surface area contributed by atoms with Crippen molar-refractivity contribution >= 4 is 7.85 Å². The highest BCUT2D eigenvalue weighted by molar-refractivity contribution is 6.08. The van der Waals surface area contributed by atoms with Crippen molar-refractivity contribution in [2.75, 3.05) is 6.54 Å². The van der Waals surface area contributed by atoms with Crippen LogP contribution < -0.4 is 5.73 Å². The summed E-state index contributed by atoms with van der Waals surface area (Å²) in [5, 5.41) is 0. The van der Waals surface area contributed by atoms with Gasteiger partial charge in [0.05, 0.1) is 0 Å². The molecule has 0 aromatic heterocycles. The fourth-order valence-corrected chi connectivity index (χ4v) is 0.144. The first-order valence-corrected chi connectivity index (χ1v) is 2.82. The summed E-state index contributed by atoms with van der Waals surface area (Å²) in [6.07, 6.45) is 1.17. The molecule has 0 aliphatic rings. The van der Waals surface area contributed by atoms with Gasteiger partial charge in [-0.05, 0) is 12.0 Å². The van der Waals surface area contributed by atoms with E-state index in [0.717, 1.165) is 6.54 Å². The van der Waals surface area contributed by atoms with E-state index < -0.39 is 0 Å². The van der Waals surface area contributed by atoms with Gasteiger partial charge in [0.1, 0.15) is 7.85 Å². The van der Waals surface area contributed by atoms with Gasteiger partial charge in [-0.1, -0.05) is 20.2 Å². The molecule has 0 unspecified atom stereocenters. The molecule has 7 heavy (non-hydrogen) atoms. The van der Waals surface area contributed by atoms with E-state index in [1.54, 1.807) is 0 Å². The zero-order chi connectivity index (χ0) is 5.91. The third-order valence-electron chi connectivity index (χ3n) is 1.51. The van der Waals surface area contributed by atoms with Crippen LogP contribution in [0.4, 0.5) is 0 Å². The Morgan fingerprint density at radius 1 is 1.57 bits per heavy atom. The molecule has 0 saturated carbocycles. The topological polar surface area (TPSA) is 26.0 Å². The van der Waals surface area contributed by atoms with Crippen LogP contribution in [0, 0.1) is 5.41 Å². The van der Waals surface area contributed by atoms with Crippen LogP contribution in [-0.4, -0.2) is 14.4 Å². The van der Waals surface area contributed by atoms with Crippen LogP contribution in [-0.2, 0) is 0 Å². The Morgan fingerprint density at radius 3 is 2.00 bits per heavy atom. The van der Waals surface area contributed by atoms with E-state index in [2.05, 4.69) is 21.7 Å². The molecule has 0 rings (SSSR count). The molecule has 0 aliphatic carbocycles. The number of hydrogen-bond acceptors (Lipinski definition) is 1. The third kappa shape index (κ3) is 2.69. The van der Waals surface area contributed by atoms with Gasteiger partial charge in [-0.3, -0.25) is 0 Å². The summed E-state index contributed by atoms with van der Waals surface area (Å²) >= 11 is 0. The summed E-state index contributed by atoms with van der Waals surface area (Å²) < 4.78 is 0. The Balaban J connectivity index is 3.36. The minimum atomic E-state index is 0.361. The molecule has 42 valence electrons. The van der Waals surface area contributed by atoms with Gasteiger partial charge in [0.25, 0.3) is 0 Å². The monoisotopic (exact) mass is 99.1 g/mol. The molecule has 0 radical (unpaired) electrons. The molecule has 0 aliphatic heterocycles. The van der Waals surface area contributed by atoms with Crippen LogP contribution in [0.2, 0.25) is 6.32 Å². The molecule has 0 heterocycles. The summed E-state index contributed by atoms with van der Waals surface area (Å²) in [5.74, 6) is 0. The lowest BCUT2D eigenvalue weighted by Gasteiger charge is -2.18. The van der Waals surface area contributed by atoms with Crippen LogP contribution in [0.25, 0.3) is 0 Å². The molecule has 0 fully saturated rings. The predicted molar refractivity (Wildman–Crippen MR) is 36.2 cm³/mol. The van der Waals surface area contributed by atoms with Gasteiger partial charge in [0.2, 0.25) is 0 Å². The van der Waals surface area contributed by atoms with Crippen molar-refractivity contribution in [2.24, 2.45) is 11.1 Å². The molecule has 0 amide bonds. The Hall–Kier alpha value is 0.0249. The fraction of sp³-hybridized carbons (Fsp3) is 1.00. The summed E-state index contributed by atoms with van der Waals surface area (Å²) in [6, 6.07) is 0. The lowest BCUT2D eigenvalue weighted by Crippen LogP contribution is -2.22. The first kappa shape index (κ1) is 7.02. The Morgan fingerprint density at radius 2 is 2.00 bits per heavy atom. The van der Waals surface area contributed by atoms with Gasteiger partial charge < -0.3 is 5.73 Å². The molecule has 1 nitrogen and oxygen atoms in total. The van der Waals surface area contributed by atoms with Gasteiger partial charge >= 0.3 is 0 Å². The van der Waals surface area contributed by atoms with Crippen molar-refractivity contribution in [3.05, 3.63) is 0 Å². The largest absolute Gasteiger partial charge is 0.330 e. The highest BCUT2D eigenvalue weighted by atomic mass is 14.6. The summed E-state index contributed by atoms with van der Waals surface area (Å²) in [5.41, 5.74) is 5.78. The second-order valence-electron chi connectivity index (χ2n) is 2.72. The minimum Gasteiger partial charge on any atom is -0.330 e. The van der Waals surface area contributed by atoms with Crippen LogP contribution in [0.1, 0.15) is 13.8 Å². The molecular formula is C5H14BN.